The Morgan fingerprint density at radius 1 is 0.730 bits per heavy atom. The zero-order valence-corrected chi connectivity index (χ0v) is 37.3. The van der Waals surface area contributed by atoms with E-state index >= 15 is 0 Å². The van der Waals surface area contributed by atoms with Crippen LogP contribution in [0.3, 0.4) is 0 Å². The molecule has 0 spiro atoms. The maximum absolute atomic E-state index is 13.3. The highest BCUT2D eigenvalue weighted by molar-refractivity contribution is 5.89. The molecule has 4 fully saturated rings. The van der Waals surface area contributed by atoms with Gasteiger partial charge in [-0.3, -0.25) is 19.2 Å². The molecule has 0 saturated heterocycles. The third-order valence-corrected chi connectivity index (χ3v) is 15.9. The average Bonchev–Trinajstić information content (AvgIpc) is 3.66. The second-order valence-electron chi connectivity index (χ2n) is 19.5. The van der Waals surface area contributed by atoms with Gasteiger partial charge in [0.2, 0.25) is 12.7 Å². The van der Waals surface area contributed by atoms with E-state index in [4.69, 9.17) is 19.0 Å². The molecule has 3 aromatic rings. The summed E-state index contributed by atoms with van der Waals surface area (Å²) >= 11 is 0. The van der Waals surface area contributed by atoms with E-state index in [-0.39, 0.29) is 79.3 Å². The first-order valence-corrected chi connectivity index (χ1v) is 23.3. The Morgan fingerprint density at radius 2 is 1.43 bits per heavy atom. The first kappa shape index (κ1) is 46.4. The maximum Gasteiger partial charge on any atom is 0.340 e. The molecule has 0 radical (unpaired) electrons. The van der Waals surface area contributed by atoms with E-state index in [1.165, 1.54) is 12.8 Å². The van der Waals surface area contributed by atoms with Crippen molar-refractivity contribution in [3.05, 3.63) is 107 Å². The fourth-order valence-corrected chi connectivity index (χ4v) is 12.4. The summed E-state index contributed by atoms with van der Waals surface area (Å²) < 4.78 is 16.3. The molecule has 340 valence electrons. The molecule has 11 heteroatoms. The van der Waals surface area contributed by atoms with Crippen molar-refractivity contribution in [2.24, 2.45) is 52.3 Å². The summed E-state index contributed by atoms with van der Waals surface area (Å²) in [4.78, 5) is 57.1. The molecule has 63 heavy (non-hydrogen) atoms. The fraction of sp³-hybridized carbons (Fsp3) is 0.577. The number of hydroxylamine groups is 1. The molecular weight excluding hydrogens is 799 g/mol. The number of fused-ring (bicyclic) bond motifs is 5. The minimum atomic E-state index is -0.643. The van der Waals surface area contributed by atoms with Crippen LogP contribution in [0.25, 0.3) is 0 Å². The maximum atomic E-state index is 13.3. The standard InChI is InChI=1S/C52H67NO10/c1-34(43-22-23-44-42-21-20-40-29-41(54)26-27-51(40,2)45(42)30-46(55)52(43,44)3)14-25-48(57)61-33-62-49(58)38-17-15-35(16-18-38)28-39(50(59)60-31-36-10-6-4-7-11-36)19-24-47(56)53-63-32-37-12-8-5-9-13-37/h4-13,15-18,34,39-46,54-55H,14,19-33H2,1-3H3,(H,53,56)/t34-,39?,40-,41-,42+,43-,44+,45+,46+,51+,52-/m1/s1. The Balaban J connectivity index is 0.852. The van der Waals surface area contributed by atoms with Crippen LogP contribution in [0.15, 0.2) is 84.9 Å². The molecule has 0 aromatic heterocycles. The van der Waals surface area contributed by atoms with E-state index in [9.17, 15) is 29.4 Å². The first-order valence-electron chi connectivity index (χ1n) is 23.3. The number of carbonyl (C=O) groups is 4. The largest absolute Gasteiger partial charge is 0.461 e. The van der Waals surface area contributed by atoms with Crippen molar-refractivity contribution in [2.75, 3.05) is 6.79 Å². The summed E-state index contributed by atoms with van der Waals surface area (Å²) in [6.07, 6.45) is 8.97. The minimum Gasteiger partial charge on any atom is -0.461 e. The zero-order chi connectivity index (χ0) is 44.6. The van der Waals surface area contributed by atoms with Gasteiger partial charge >= 0.3 is 17.9 Å². The Kier molecular flexibility index (Phi) is 15.4. The number of amides is 1. The SMILES string of the molecule is C[C@H](CCC(=O)OCOC(=O)c1ccc(CC(CCC(=O)NOCc2ccccc2)C(=O)OCc2ccccc2)cc1)[C@H]1CC[C@H]2[C@@H]3CC[C@@H]4C[C@H](O)CC[C@]4(C)[C@H]3C[C@H](O)[C@]12C. The lowest BCUT2D eigenvalue weighted by Crippen LogP contribution is -2.58. The topological polar surface area (TPSA) is 158 Å². The number of nitrogens with one attached hydrogen (secondary N) is 1. The van der Waals surface area contributed by atoms with Gasteiger partial charge in [-0.25, -0.2) is 10.3 Å². The molecule has 0 aliphatic heterocycles. The molecule has 0 bridgehead atoms. The number of benzene rings is 3. The van der Waals surface area contributed by atoms with E-state index in [0.29, 0.717) is 36.0 Å². The van der Waals surface area contributed by atoms with Crippen LogP contribution in [0.5, 0.6) is 0 Å². The normalized spacial score (nSPS) is 29.5. The summed E-state index contributed by atoms with van der Waals surface area (Å²) in [7, 11) is 0. The summed E-state index contributed by atoms with van der Waals surface area (Å²) in [5.41, 5.74) is 5.26. The van der Waals surface area contributed by atoms with Gasteiger partial charge in [0.1, 0.15) is 6.61 Å². The Hall–Kier alpha value is -4.58. The number of carbonyl (C=O) groups excluding carboxylic acids is 4. The summed E-state index contributed by atoms with van der Waals surface area (Å²) in [5, 5.41) is 22.3. The van der Waals surface area contributed by atoms with Crippen molar-refractivity contribution in [2.45, 2.75) is 130 Å². The van der Waals surface area contributed by atoms with Crippen molar-refractivity contribution in [1.82, 2.24) is 5.48 Å². The van der Waals surface area contributed by atoms with Crippen LogP contribution >= 0.6 is 0 Å². The average molecular weight is 866 g/mol. The number of rotatable bonds is 18. The van der Waals surface area contributed by atoms with Crippen LogP contribution in [-0.2, 0) is 53.1 Å². The summed E-state index contributed by atoms with van der Waals surface area (Å²) in [6, 6.07) is 25.5. The number of hydrogen-bond donors (Lipinski definition) is 3. The van der Waals surface area contributed by atoms with E-state index in [1.807, 2.05) is 60.7 Å². The summed E-state index contributed by atoms with van der Waals surface area (Å²) in [5.74, 6) is 0.150. The van der Waals surface area contributed by atoms with Gasteiger partial charge in [0.25, 0.3) is 0 Å². The van der Waals surface area contributed by atoms with E-state index in [1.54, 1.807) is 24.3 Å². The van der Waals surface area contributed by atoms with Gasteiger partial charge in [0.15, 0.2) is 0 Å². The lowest BCUT2D eigenvalue weighted by Gasteiger charge is -2.62. The number of hydrogen-bond acceptors (Lipinski definition) is 10. The molecule has 0 heterocycles. The van der Waals surface area contributed by atoms with Crippen molar-refractivity contribution < 1.29 is 48.4 Å². The van der Waals surface area contributed by atoms with Gasteiger partial charge in [-0.15, -0.1) is 0 Å². The van der Waals surface area contributed by atoms with Crippen LogP contribution in [0.4, 0.5) is 0 Å². The van der Waals surface area contributed by atoms with E-state index in [0.717, 1.165) is 55.2 Å². The number of ether oxygens (including phenoxy) is 3. The molecule has 3 N–H and O–H groups in total. The number of aliphatic hydroxyl groups is 2. The Morgan fingerprint density at radius 3 is 2.14 bits per heavy atom. The highest BCUT2D eigenvalue weighted by Crippen LogP contribution is 2.68. The van der Waals surface area contributed by atoms with Crippen molar-refractivity contribution >= 4 is 23.8 Å². The number of esters is 3. The molecule has 1 unspecified atom stereocenters. The van der Waals surface area contributed by atoms with Gasteiger partial charge in [0.05, 0.1) is 30.3 Å². The second kappa shape index (κ2) is 20.9. The highest BCUT2D eigenvalue weighted by atomic mass is 16.7. The molecular formula is C52H67NO10. The molecule has 11 nitrogen and oxygen atoms in total. The van der Waals surface area contributed by atoms with Gasteiger partial charge in [-0.2, -0.15) is 0 Å². The lowest BCUT2D eigenvalue weighted by atomic mass is 9.43. The first-order chi connectivity index (χ1) is 30.3. The predicted octanol–water partition coefficient (Wildman–Crippen LogP) is 8.68. The lowest BCUT2D eigenvalue weighted by molar-refractivity contribution is -0.175. The van der Waals surface area contributed by atoms with Gasteiger partial charge in [-0.1, -0.05) is 93.6 Å². The molecule has 3 aromatic carbocycles. The molecule has 4 saturated carbocycles. The molecule has 7 rings (SSSR count). The van der Waals surface area contributed by atoms with Crippen LogP contribution in [-0.4, -0.2) is 53.0 Å². The number of aliphatic hydroxyl groups excluding tert-OH is 2. The summed E-state index contributed by atoms with van der Waals surface area (Å²) in [6.45, 7) is 6.77. The highest BCUT2D eigenvalue weighted by Gasteiger charge is 2.63. The van der Waals surface area contributed by atoms with Crippen molar-refractivity contribution in [3.8, 4) is 0 Å². The smallest absolute Gasteiger partial charge is 0.340 e. The molecule has 4 aliphatic rings. The Labute approximate surface area is 372 Å². The van der Waals surface area contributed by atoms with Gasteiger partial charge < -0.3 is 24.4 Å². The van der Waals surface area contributed by atoms with Crippen LogP contribution in [0, 0.1) is 52.3 Å². The molecule has 11 atom stereocenters. The third-order valence-electron chi connectivity index (χ3n) is 15.9. The fourth-order valence-electron chi connectivity index (χ4n) is 12.4. The zero-order valence-electron chi connectivity index (χ0n) is 37.3. The van der Waals surface area contributed by atoms with Gasteiger partial charge in [0, 0.05) is 12.8 Å². The Bertz CT molecular complexity index is 1990. The van der Waals surface area contributed by atoms with Crippen LogP contribution < -0.4 is 5.48 Å². The van der Waals surface area contributed by atoms with Gasteiger partial charge in [-0.05, 0) is 146 Å². The molecule has 4 aliphatic carbocycles. The van der Waals surface area contributed by atoms with Crippen molar-refractivity contribution in [1.29, 1.82) is 0 Å². The van der Waals surface area contributed by atoms with E-state index in [2.05, 4.69) is 26.3 Å². The second-order valence-corrected chi connectivity index (χ2v) is 19.5. The quantitative estimate of drug-likeness (QED) is 0.0642. The van der Waals surface area contributed by atoms with Crippen LogP contribution in [0.2, 0.25) is 0 Å². The monoisotopic (exact) mass is 865 g/mol. The third kappa shape index (κ3) is 11.0. The predicted molar refractivity (Wildman–Crippen MR) is 236 cm³/mol. The van der Waals surface area contributed by atoms with E-state index < -0.39 is 30.6 Å². The van der Waals surface area contributed by atoms with Crippen LogP contribution in [0.1, 0.15) is 125 Å². The van der Waals surface area contributed by atoms with Crippen molar-refractivity contribution in [3.63, 3.8) is 0 Å². The molecule has 1 amide bonds. The minimum absolute atomic E-state index is 0.0414.